The molecule has 1 aliphatic heterocycles. The fraction of sp³-hybridized carbons (Fsp3) is 0.694. The maximum atomic E-state index is 13.6. The number of alkyl carbamates (subject to hydrolysis) is 1. The van der Waals surface area contributed by atoms with Gasteiger partial charge in [-0.3, -0.25) is 15.1 Å². The molecule has 0 spiro atoms. The molecule has 2 aliphatic rings. The Bertz CT molecular complexity index is 1330. The van der Waals surface area contributed by atoms with Crippen molar-refractivity contribution in [2.24, 2.45) is 16.8 Å². The van der Waals surface area contributed by atoms with Crippen molar-refractivity contribution in [3.63, 3.8) is 0 Å². The topological polar surface area (TPSA) is 93.3 Å². The molecule has 2 fully saturated rings. The highest BCUT2D eigenvalue weighted by atomic mass is 16.6. The number of amides is 2. The van der Waals surface area contributed by atoms with Gasteiger partial charge >= 0.3 is 6.09 Å². The average molecular weight is 623 g/mol. The summed E-state index contributed by atoms with van der Waals surface area (Å²) in [6, 6.07) is 6.52. The van der Waals surface area contributed by atoms with Crippen LogP contribution >= 0.6 is 0 Å². The minimum atomic E-state index is -0.643. The number of hydrogen-bond donors (Lipinski definition) is 2. The zero-order valence-corrected chi connectivity index (χ0v) is 29.3. The summed E-state index contributed by atoms with van der Waals surface area (Å²) in [5.41, 5.74) is 4.11. The molecule has 2 N–H and O–H groups in total. The second-order valence-electron chi connectivity index (χ2n) is 14.3. The molecule has 1 aromatic carbocycles. The molecule has 1 aliphatic carbocycles. The maximum absolute atomic E-state index is 13.6. The second kappa shape index (κ2) is 15.0. The first-order chi connectivity index (χ1) is 21.3. The van der Waals surface area contributed by atoms with E-state index in [4.69, 9.17) is 9.73 Å². The van der Waals surface area contributed by atoms with Crippen LogP contribution in [0, 0.1) is 11.8 Å². The Kier molecular flexibility index (Phi) is 11.6. The van der Waals surface area contributed by atoms with Gasteiger partial charge in [0.05, 0.1) is 11.5 Å². The van der Waals surface area contributed by atoms with Crippen molar-refractivity contribution in [1.29, 1.82) is 0 Å². The van der Waals surface area contributed by atoms with Crippen LogP contribution in [0.15, 0.2) is 23.2 Å². The monoisotopic (exact) mass is 622 g/mol. The van der Waals surface area contributed by atoms with E-state index in [1.54, 1.807) is 0 Å². The Morgan fingerprint density at radius 3 is 2.31 bits per heavy atom. The lowest BCUT2D eigenvalue weighted by Crippen LogP contribution is -2.53. The molecular formula is C36H58N6O3. The van der Waals surface area contributed by atoms with E-state index in [1.807, 2.05) is 46.4 Å². The van der Waals surface area contributed by atoms with E-state index in [0.29, 0.717) is 43.3 Å². The minimum absolute atomic E-state index is 0.153. The molecule has 250 valence electrons. The van der Waals surface area contributed by atoms with Gasteiger partial charge in [0.2, 0.25) is 11.9 Å². The molecule has 2 atom stereocenters. The lowest BCUT2D eigenvalue weighted by molar-refractivity contribution is -0.135. The molecule has 9 heteroatoms. The number of aliphatic imine (C=N–C) groups is 1. The number of aromatic nitrogens is 1. The van der Waals surface area contributed by atoms with Crippen molar-refractivity contribution in [2.45, 2.75) is 98.5 Å². The highest BCUT2D eigenvalue weighted by Crippen LogP contribution is 2.42. The lowest BCUT2D eigenvalue weighted by Gasteiger charge is -2.34. The third kappa shape index (κ3) is 8.40. The number of ether oxygens (including phenoxy) is 1. The fourth-order valence-electron chi connectivity index (χ4n) is 7.33. The Labute approximate surface area is 271 Å². The number of hydrogen-bond acceptors (Lipinski definition) is 5. The number of likely N-dealkylation sites (N-methyl/N-ethyl adjacent to an activating group) is 2. The third-order valence-corrected chi connectivity index (χ3v) is 9.82. The number of nitrogens with zero attached hydrogens (tertiary/aromatic N) is 4. The van der Waals surface area contributed by atoms with Crippen molar-refractivity contribution in [3.05, 3.63) is 35.0 Å². The standard InChI is InChI=1S/C36H58N6O3/c1-10-41(11-2)33(43)36(7,8)28-12-13-31-30(23-28)29(32(38-31)27-21-25(5)20-26(6)22-27)14-15-37-34(39-35(44)45-24(3)4)42-18-16-40(9)17-19-42/h12-13,23-27,38H,10-11,14-22H2,1-9H3,(H,37,39,44). The fourth-order valence-corrected chi connectivity index (χ4v) is 7.33. The van der Waals surface area contributed by atoms with Gasteiger partial charge in [0, 0.05) is 62.4 Å². The number of nitrogens with one attached hydrogen (secondary N) is 2. The molecule has 45 heavy (non-hydrogen) atoms. The first-order valence-electron chi connectivity index (χ1n) is 17.2. The number of guanidine groups is 1. The number of H-pyrrole nitrogens is 1. The van der Waals surface area contributed by atoms with E-state index in [9.17, 15) is 9.59 Å². The lowest BCUT2D eigenvalue weighted by atomic mass is 9.74. The van der Waals surface area contributed by atoms with E-state index in [2.05, 4.69) is 59.2 Å². The third-order valence-electron chi connectivity index (χ3n) is 9.82. The molecule has 2 amide bonds. The molecule has 0 radical (unpaired) electrons. The normalized spacial score (nSPS) is 21.8. The number of benzene rings is 1. The smallest absolute Gasteiger partial charge is 0.414 e. The SMILES string of the molecule is CCN(CC)C(=O)C(C)(C)c1ccc2[nH]c(C3CC(C)CC(C)C3)c(CCN=C(NC(=O)OC(C)C)N3CCN(C)CC3)c2c1. The van der Waals surface area contributed by atoms with Crippen molar-refractivity contribution in [3.8, 4) is 0 Å². The number of carbonyl (C=O) groups excluding carboxylic acids is 2. The van der Waals surface area contributed by atoms with Crippen molar-refractivity contribution in [1.82, 2.24) is 25.0 Å². The first-order valence-corrected chi connectivity index (χ1v) is 17.2. The average Bonchev–Trinajstić information content (AvgIpc) is 3.34. The molecule has 2 unspecified atom stereocenters. The highest BCUT2D eigenvalue weighted by molar-refractivity contribution is 5.94. The van der Waals surface area contributed by atoms with Gasteiger partial charge in [-0.2, -0.15) is 0 Å². The van der Waals surface area contributed by atoms with Crippen LogP contribution in [0.3, 0.4) is 0 Å². The Morgan fingerprint density at radius 1 is 1.07 bits per heavy atom. The van der Waals surface area contributed by atoms with Crippen LogP contribution in [-0.2, 0) is 21.4 Å². The Hall–Kier alpha value is -3.07. The summed E-state index contributed by atoms with van der Waals surface area (Å²) in [7, 11) is 2.12. The summed E-state index contributed by atoms with van der Waals surface area (Å²) < 4.78 is 5.41. The van der Waals surface area contributed by atoms with Crippen molar-refractivity contribution >= 4 is 28.9 Å². The molecule has 4 rings (SSSR count). The van der Waals surface area contributed by atoms with Crippen molar-refractivity contribution < 1.29 is 14.3 Å². The van der Waals surface area contributed by atoms with Gasteiger partial charge in [-0.1, -0.05) is 19.9 Å². The van der Waals surface area contributed by atoms with Crippen LogP contribution in [0.25, 0.3) is 10.9 Å². The zero-order chi connectivity index (χ0) is 32.9. The van der Waals surface area contributed by atoms with Gasteiger partial charge < -0.3 is 24.4 Å². The molecule has 1 saturated heterocycles. The van der Waals surface area contributed by atoms with Gasteiger partial charge in [-0.05, 0) is 115 Å². The number of fused-ring (bicyclic) bond motifs is 1. The number of carbonyl (C=O) groups is 2. The van der Waals surface area contributed by atoms with Crippen LogP contribution in [0.2, 0.25) is 0 Å². The Morgan fingerprint density at radius 2 is 1.71 bits per heavy atom. The van der Waals surface area contributed by atoms with Crippen molar-refractivity contribution in [2.75, 3.05) is 52.9 Å². The maximum Gasteiger partial charge on any atom is 0.414 e. The van der Waals surface area contributed by atoms with Gasteiger partial charge in [0.1, 0.15) is 0 Å². The summed E-state index contributed by atoms with van der Waals surface area (Å²) in [6.07, 6.45) is 3.67. The van der Waals surface area contributed by atoms with Crippen LogP contribution in [0.1, 0.15) is 97.4 Å². The van der Waals surface area contributed by atoms with Crippen LogP contribution in [-0.4, -0.2) is 96.6 Å². The van der Waals surface area contributed by atoms with E-state index in [-0.39, 0.29) is 12.0 Å². The number of aromatic amines is 1. The molecule has 1 saturated carbocycles. The van der Waals surface area contributed by atoms with Gasteiger partial charge in [0.25, 0.3) is 0 Å². The second-order valence-corrected chi connectivity index (χ2v) is 14.3. The largest absolute Gasteiger partial charge is 0.447 e. The quantitative estimate of drug-likeness (QED) is 0.259. The van der Waals surface area contributed by atoms with E-state index in [1.165, 1.54) is 35.9 Å². The summed E-state index contributed by atoms with van der Waals surface area (Å²) in [6.45, 7) is 22.0. The number of rotatable bonds is 9. The van der Waals surface area contributed by atoms with E-state index in [0.717, 1.165) is 43.7 Å². The van der Waals surface area contributed by atoms with Crippen LogP contribution < -0.4 is 5.32 Å². The highest BCUT2D eigenvalue weighted by Gasteiger charge is 2.34. The van der Waals surface area contributed by atoms with Gasteiger partial charge in [-0.15, -0.1) is 0 Å². The molecule has 2 aromatic rings. The molecule has 0 bridgehead atoms. The van der Waals surface area contributed by atoms with Crippen LogP contribution in [0.4, 0.5) is 4.79 Å². The summed E-state index contributed by atoms with van der Waals surface area (Å²) in [4.78, 5) is 41.4. The molecule has 1 aromatic heterocycles. The van der Waals surface area contributed by atoms with E-state index < -0.39 is 11.5 Å². The number of piperazine rings is 1. The molecular weight excluding hydrogens is 564 g/mol. The Balaban J connectivity index is 1.71. The molecule has 2 heterocycles. The van der Waals surface area contributed by atoms with Gasteiger partial charge in [0.15, 0.2) is 0 Å². The summed E-state index contributed by atoms with van der Waals surface area (Å²) in [5, 5.41) is 4.13. The summed E-state index contributed by atoms with van der Waals surface area (Å²) >= 11 is 0. The summed E-state index contributed by atoms with van der Waals surface area (Å²) in [5.74, 6) is 2.55. The minimum Gasteiger partial charge on any atom is -0.447 e. The molecule has 9 nitrogen and oxygen atoms in total. The predicted octanol–water partition coefficient (Wildman–Crippen LogP) is 6.13. The predicted molar refractivity (Wildman–Crippen MR) is 184 cm³/mol. The zero-order valence-electron chi connectivity index (χ0n) is 29.3. The van der Waals surface area contributed by atoms with E-state index >= 15 is 0 Å². The van der Waals surface area contributed by atoms with Crippen LogP contribution in [0.5, 0.6) is 0 Å². The first kappa shape index (κ1) is 34.8. The van der Waals surface area contributed by atoms with Gasteiger partial charge in [-0.25, -0.2) is 4.79 Å².